The van der Waals surface area contributed by atoms with Crippen molar-refractivity contribution in [3.05, 3.63) is 48.0 Å². The molecule has 1 unspecified atom stereocenters. The van der Waals surface area contributed by atoms with Gasteiger partial charge in [0.15, 0.2) is 0 Å². The third kappa shape index (κ3) is 6.18. The van der Waals surface area contributed by atoms with Gasteiger partial charge in [0.1, 0.15) is 0 Å². The first-order chi connectivity index (χ1) is 9.28. The van der Waals surface area contributed by atoms with Crippen molar-refractivity contribution in [3.63, 3.8) is 0 Å². The van der Waals surface area contributed by atoms with E-state index in [9.17, 15) is 9.59 Å². The van der Waals surface area contributed by atoms with Gasteiger partial charge >= 0.3 is 5.97 Å². The van der Waals surface area contributed by atoms with Gasteiger partial charge in [-0.2, -0.15) is 0 Å². The first-order valence-electron chi connectivity index (χ1n) is 6.54. The minimum absolute atomic E-state index is 0.0909. The second kappa shape index (κ2) is 6.89. The molecule has 0 aliphatic rings. The minimum Gasteiger partial charge on any atom is -0.481 e. The maximum absolute atomic E-state index is 11.9. The van der Waals surface area contributed by atoms with Crippen LogP contribution in [0.15, 0.2) is 42.5 Å². The van der Waals surface area contributed by atoms with Gasteiger partial charge in [-0.3, -0.25) is 9.59 Å². The standard InChI is InChI=1S/C16H21NO3/c1-16(2,3)10-9-14(18)17-13(11-15(19)20)12-7-5-4-6-8-12/h4-10,13H,11H2,1-3H3,(H,17,18)(H,19,20). The molecule has 0 aliphatic carbocycles. The molecule has 108 valence electrons. The lowest BCUT2D eigenvalue weighted by atomic mass is 9.96. The van der Waals surface area contributed by atoms with Crippen LogP contribution in [0.25, 0.3) is 0 Å². The molecule has 0 heterocycles. The zero-order chi connectivity index (χ0) is 15.2. The summed E-state index contributed by atoms with van der Waals surface area (Å²) in [4.78, 5) is 22.8. The van der Waals surface area contributed by atoms with Crippen molar-refractivity contribution in [3.8, 4) is 0 Å². The molecular formula is C16H21NO3. The Bertz CT molecular complexity index is 486. The van der Waals surface area contributed by atoms with Crippen molar-refractivity contribution >= 4 is 11.9 Å². The zero-order valence-electron chi connectivity index (χ0n) is 12.1. The van der Waals surface area contributed by atoms with Gasteiger partial charge < -0.3 is 10.4 Å². The predicted molar refractivity (Wildman–Crippen MR) is 78.2 cm³/mol. The van der Waals surface area contributed by atoms with E-state index in [-0.39, 0.29) is 17.7 Å². The number of rotatable bonds is 5. The normalized spacial score (nSPS) is 13.2. The molecule has 1 aromatic rings. The van der Waals surface area contributed by atoms with Gasteiger partial charge in [0.25, 0.3) is 0 Å². The average Bonchev–Trinajstić information content (AvgIpc) is 2.35. The van der Waals surface area contributed by atoms with E-state index in [1.807, 2.05) is 39.0 Å². The number of hydrogen-bond donors (Lipinski definition) is 2. The number of allylic oxidation sites excluding steroid dienone is 1. The number of carboxylic acid groups (broad SMARTS) is 1. The Morgan fingerprint density at radius 1 is 1.25 bits per heavy atom. The van der Waals surface area contributed by atoms with E-state index in [2.05, 4.69) is 5.32 Å². The number of carbonyl (C=O) groups is 2. The molecule has 0 saturated carbocycles. The van der Waals surface area contributed by atoms with Crippen LogP contribution in [-0.2, 0) is 9.59 Å². The Labute approximate surface area is 119 Å². The van der Waals surface area contributed by atoms with Crippen LogP contribution in [0.1, 0.15) is 38.8 Å². The number of aliphatic carboxylic acids is 1. The van der Waals surface area contributed by atoms with Gasteiger partial charge in [-0.15, -0.1) is 0 Å². The molecule has 1 rings (SSSR count). The van der Waals surface area contributed by atoms with E-state index in [1.54, 1.807) is 18.2 Å². The molecule has 0 spiro atoms. The van der Waals surface area contributed by atoms with E-state index in [4.69, 9.17) is 5.11 Å². The summed E-state index contributed by atoms with van der Waals surface area (Å²) in [6.07, 6.45) is 3.11. The second-order valence-corrected chi connectivity index (χ2v) is 5.77. The summed E-state index contributed by atoms with van der Waals surface area (Å²) in [6.45, 7) is 5.97. The Balaban J connectivity index is 2.78. The van der Waals surface area contributed by atoms with Crippen molar-refractivity contribution in [2.24, 2.45) is 5.41 Å². The van der Waals surface area contributed by atoms with Crippen LogP contribution in [0.2, 0.25) is 0 Å². The molecule has 0 bridgehead atoms. The smallest absolute Gasteiger partial charge is 0.305 e. The molecule has 0 aromatic heterocycles. The topological polar surface area (TPSA) is 66.4 Å². The summed E-state index contributed by atoms with van der Waals surface area (Å²) in [5.74, 6) is -1.23. The van der Waals surface area contributed by atoms with Crippen molar-refractivity contribution in [2.45, 2.75) is 33.2 Å². The number of amides is 1. The third-order valence-electron chi connectivity index (χ3n) is 2.63. The van der Waals surface area contributed by atoms with E-state index < -0.39 is 12.0 Å². The van der Waals surface area contributed by atoms with Crippen LogP contribution in [0.3, 0.4) is 0 Å². The molecule has 2 N–H and O–H groups in total. The molecule has 0 fully saturated rings. The fraction of sp³-hybridized carbons (Fsp3) is 0.375. The van der Waals surface area contributed by atoms with Gasteiger partial charge in [-0.05, 0) is 17.1 Å². The highest BCUT2D eigenvalue weighted by Gasteiger charge is 2.17. The largest absolute Gasteiger partial charge is 0.481 e. The highest BCUT2D eigenvalue weighted by molar-refractivity contribution is 5.88. The molecule has 4 heteroatoms. The highest BCUT2D eigenvalue weighted by atomic mass is 16.4. The summed E-state index contributed by atoms with van der Waals surface area (Å²) in [5, 5.41) is 11.7. The number of carboxylic acids is 1. The Morgan fingerprint density at radius 2 is 1.85 bits per heavy atom. The molecule has 0 aliphatic heterocycles. The molecule has 4 nitrogen and oxygen atoms in total. The van der Waals surface area contributed by atoms with Crippen LogP contribution in [-0.4, -0.2) is 17.0 Å². The van der Waals surface area contributed by atoms with Crippen molar-refractivity contribution in [2.75, 3.05) is 0 Å². The first kappa shape index (κ1) is 16.0. The number of benzene rings is 1. The first-order valence-corrected chi connectivity index (χ1v) is 6.54. The van der Waals surface area contributed by atoms with Crippen molar-refractivity contribution in [1.29, 1.82) is 0 Å². The third-order valence-corrected chi connectivity index (χ3v) is 2.63. The lowest BCUT2D eigenvalue weighted by Crippen LogP contribution is -2.29. The monoisotopic (exact) mass is 275 g/mol. The van der Waals surface area contributed by atoms with E-state index in [1.165, 1.54) is 6.08 Å². The lowest BCUT2D eigenvalue weighted by molar-refractivity contribution is -0.137. The van der Waals surface area contributed by atoms with Crippen molar-refractivity contribution < 1.29 is 14.7 Å². The summed E-state index contributed by atoms with van der Waals surface area (Å²) in [5.41, 5.74) is 0.694. The predicted octanol–water partition coefficient (Wildman–Crippen LogP) is 2.92. The summed E-state index contributed by atoms with van der Waals surface area (Å²) < 4.78 is 0. The maximum Gasteiger partial charge on any atom is 0.305 e. The number of carbonyl (C=O) groups excluding carboxylic acids is 1. The van der Waals surface area contributed by atoms with Crippen LogP contribution in [0, 0.1) is 5.41 Å². The van der Waals surface area contributed by atoms with Gasteiger partial charge in [0.2, 0.25) is 5.91 Å². The van der Waals surface area contributed by atoms with Gasteiger partial charge in [-0.25, -0.2) is 0 Å². The van der Waals surface area contributed by atoms with Crippen LogP contribution >= 0.6 is 0 Å². The highest BCUT2D eigenvalue weighted by Crippen LogP contribution is 2.17. The van der Waals surface area contributed by atoms with Gasteiger partial charge in [0, 0.05) is 0 Å². The maximum atomic E-state index is 11.9. The minimum atomic E-state index is -0.945. The van der Waals surface area contributed by atoms with Gasteiger partial charge in [0.05, 0.1) is 12.5 Å². The van der Waals surface area contributed by atoms with Crippen LogP contribution in [0.5, 0.6) is 0 Å². The molecule has 1 aromatic carbocycles. The lowest BCUT2D eigenvalue weighted by Gasteiger charge is -2.17. The van der Waals surface area contributed by atoms with E-state index >= 15 is 0 Å². The SMILES string of the molecule is CC(C)(C)C=CC(=O)NC(CC(=O)O)c1ccccc1. The fourth-order valence-corrected chi connectivity index (χ4v) is 1.66. The van der Waals surface area contributed by atoms with E-state index in [0.717, 1.165) is 5.56 Å². The summed E-state index contributed by atoms with van der Waals surface area (Å²) >= 11 is 0. The number of nitrogens with one attached hydrogen (secondary N) is 1. The van der Waals surface area contributed by atoms with Gasteiger partial charge in [-0.1, -0.05) is 57.2 Å². The average molecular weight is 275 g/mol. The van der Waals surface area contributed by atoms with Crippen LogP contribution < -0.4 is 5.32 Å². The molecule has 1 amide bonds. The fourth-order valence-electron chi connectivity index (χ4n) is 1.66. The zero-order valence-corrected chi connectivity index (χ0v) is 12.1. The Kier molecular flexibility index (Phi) is 5.50. The summed E-state index contributed by atoms with van der Waals surface area (Å²) in [6, 6.07) is 8.58. The molecule has 20 heavy (non-hydrogen) atoms. The van der Waals surface area contributed by atoms with E-state index in [0.29, 0.717) is 0 Å². The molecule has 0 radical (unpaired) electrons. The Hall–Kier alpha value is -2.10. The van der Waals surface area contributed by atoms with Crippen molar-refractivity contribution in [1.82, 2.24) is 5.32 Å². The molecular weight excluding hydrogens is 254 g/mol. The Morgan fingerprint density at radius 3 is 2.35 bits per heavy atom. The number of hydrogen-bond acceptors (Lipinski definition) is 2. The summed E-state index contributed by atoms with van der Waals surface area (Å²) in [7, 11) is 0. The second-order valence-electron chi connectivity index (χ2n) is 5.77. The van der Waals surface area contributed by atoms with Crippen LogP contribution in [0.4, 0.5) is 0 Å². The quantitative estimate of drug-likeness (QED) is 0.812. The molecule has 1 atom stereocenters. The molecule has 0 saturated heterocycles.